The molecule has 3 aromatic rings. The molecule has 0 unspecified atom stereocenters. The van der Waals surface area contributed by atoms with E-state index < -0.39 is 10.3 Å². The molecule has 4 rings (SSSR count). The third-order valence-electron chi connectivity index (χ3n) is 5.02. The number of hydrogen-bond donors (Lipinski definition) is 1. The molecular weight excluding hydrogens is 366 g/mol. The Morgan fingerprint density at radius 1 is 1.04 bits per heavy atom. The van der Waals surface area contributed by atoms with Gasteiger partial charge in [0.1, 0.15) is 5.75 Å². The summed E-state index contributed by atoms with van der Waals surface area (Å²) in [5.41, 5.74) is 1.90. The van der Waals surface area contributed by atoms with E-state index in [9.17, 15) is 8.42 Å². The summed E-state index contributed by atoms with van der Waals surface area (Å²) in [5.74, 6) is 1.63. The summed E-state index contributed by atoms with van der Waals surface area (Å²) in [7, 11) is -4.03. The molecule has 2 aromatic carbocycles. The fourth-order valence-electron chi connectivity index (χ4n) is 3.65. The zero-order valence-electron chi connectivity index (χ0n) is 14.9. The van der Waals surface area contributed by atoms with Crippen molar-refractivity contribution in [2.24, 2.45) is 10.6 Å². The molecule has 0 amide bonds. The molecule has 0 radical (unpaired) electrons. The standard InChI is InChI=1S/C19H19N3O4S/c1-19(2)15(12-8-10-14(11-9-12)26-27(20,23)24)16(19)18-21-17(22-25-18)13-6-4-3-5-7-13/h3-11,15-16H,1-2H3,(H2,20,23,24)/t15-,16+/m0/s1. The fraction of sp³-hybridized carbons (Fsp3) is 0.263. The first-order chi connectivity index (χ1) is 12.8. The molecule has 2 N–H and O–H groups in total. The Morgan fingerprint density at radius 3 is 2.33 bits per heavy atom. The van der Waals surface area contributed by atoms with Gasteiger partial charge in [-0.25, -0.2) is 0 Å². The molecule has 140 valence electrons. The molecule has 1 aliphatic carbocycles. The average molecular weight is 385 g/mol. The van der Waals surface area contributed by atoms with Gasteiger partial charge in [-0.2, -0.15) is 18.5 Å². The minimum Gasteiger partial charge on any atom is -0.371 e. The molecule has 0 spiro atoms. The summed E-state index contributed by atoms with van der Waals surface area (Å²) < 4.78 is 32.3. The molecule has 27 heavy (non-hydrogen) atoms. The van der Waals surface area contributed by atoms with E-state index in [0.29, 0.717) is 11.7 Å². The van der Waals surface area contributed by atoms with E-state index in [-0.39, 0.29) is 23.0 Å². The fourth-order valence-corrected chi connectivity index (χ4v) is 4.03. The van der Waals surface area contributed by atoms with Crippen molar-refractivity contribution in [2.75, 3.05) is 0 Å². The molecule has 1 saturated carbocycles. The molecule has 1 aromatic heterocycles. The Kier molecular flexibility index (Phi) is 4.05. The topological polar surface area (TPSA) is 108 Å². The van der Waals surface area contributed by atoms with Gasteiger partial charge in [-0.1, -0.05) is 61.5 Å². The van der Waals surface area contributed by atoms with Crippen molar-refractivity contribution in [3.05, 3.63) is 66.1 Å². The van der Waals surface area contributed by atoms with E-state index in [4.69, 9.17) is 9.66 Å². The van der Waals surface area contributed by atoms with E-state index in [1.165, 1.54) is 0 Å². The Bertz CT molecular complexity index is 1060. The number of aromatic nitrogens is 2. The largest absolute Gasteiger partial charge is 0.380 e. The maximum absolute atomic E-state index is 11.0. The molecule has 0 bridgehead atoms. The van der Waals surface area contributed by atoms with E-state index in [1.54, 1.807) is 12.1 Å². The smallest absolute Gasteiger partial charge is 0.371 e. The first-order valence-electron chi connectivity index (χ1n) is 8.47. The number of nitrogens with two attached hydrogens (primary N) is 1. The van der Waals surface area contributed by atoms with E-state index in [0.717, 1.165) is 11.1 Å². The average Bonchev–Trinajstić information content (AvgIpc) is 2.96. The summed E-state index contributed by atoms with van der Waals surface area (Å²) in [5, 5.41) is 9.00. The van der Waals surface area contributed by atoms with Gasteiger partial charge in [0.2, 0.25) is 11.7 Å². The Morgan fingerprint density at radius 2 is 1.70 bits per heavy atom. The van der Waals surface area contributed by atoms with Crippen molar-refractivity contribution in [3.8, 4) is 17.1 Å². The van der Waals surface area contributed by atoms with Crippen molar-refractivity contribution in [2.45, 2.75) is 25.7 Å². The number of nitrogens with zero attached hydrogens (tertiary/aromatic N) is 2. The Balaban J connectivity index is 1.57. The van der Waals surface area contributed by atoms with Gasteiger partial charge in [0, 0.05) is 11.5 Å². The van der Waals surface area contributed by atoms with Crippen LogP contribution in [-0.4, -0.2) is 18.6 Å². The third kappa shape index (κ3) is 3.45. The second kappa shape index (κ2) is 6.17. The molecule has 8 heteroatoms. The summed E-state index contributed by atoms with van der Waals surface area (Å²) in [6, 6.07) is 16.5. The monoisotopic (exact) mass is 385 g/mol. The predicted molar refractivity (Wildman–Crippen MR) is 99.2 cm³/mol. The van der Waals surface area contributed by atoms with Crippen LogP contribution in [0.5, 0.6) is 5.75 Å². The molecule has 1 fully saturated rings. The third-order valence-corrected chi connectivity index (χ3v) is 5.44. The van der Waals surface area contributed by atoms with E-state index in [2.05, 4.69) is 28.2 Å². The minimum atomic E-state index is -4.03. The summed E-state index contributed by atoms with van der Waals surface area (Å²) in [6.07, 6.45) is 0. The maximum Gasteiger partial charge on any atom is 0.380 e. The van der Waals surface area contributed by atoms with Crippen LogP contribution in [0.25, 0.3) is 11.4 Å². The van der Waals surface area contributed by atoms with E-state index in [1.807, 2.05) is 42.5 Å². The zero-order chi connectivity index (χ0) is 19.2. The molecule has 7 nitrogen and oxygen atoms in total. The summed E-state index contributed by atoms with van der Waals surface area (Å²) in [4.78, 5) is 4.58. The van der Waals surface area contributed by atoms with Crippen molar-refractivity contribution in [3.63, 3.8) is 0 Å². The Labute approximate surface area is 157 Å². The van der Waals surface area contributed by atoms with Crippen LogP contribution in [0.15, 0.2) is 59.1 Å². The van der Waals surface area contributed by atoms with Crippen LogP contribution in [-0.2, 0) is 10.3 Å². The SMILES string of the molecule is CC1(C)[C@@H](c2ccc(OS(N)(=O)=O)cc2)[C@@H]1c1nc(-c2ccccc2)no1. The minimum absolute atomic E-state index is 0.0528. The number of rotatable bonds is 5. The lowest BCUT2D eigenvalue weighted by Gasteiger charge is -2.05. The molecular formula is C19H19N3O4S. The lowest BCUT2D eigenvalue weighted by molar-refractivity contribution is 0.368. The second-order valence-electron chi connectivity index (χ2n) is 7.24. The Hall–Kier alpha value is -2.71. The van der Waals surface area contributed by atoms with Crippen molar-refractivity contribution in [1.82, 2.24) is 10.1 Å². The van der Waals surface area contributed by atoms with Gasteiger partial charge in [0.15, 0.2) is 0 Å². The highest BCUT2D eigenvalue weighted by Gasteiger charge is 2.62. The molecule has 0 saturated heterocycles. The quantitative estimate of drug-likeness (QED) is 0.722. The molecule has 0 aliphatic heterocycles. The van der Waals surface area contributed by atoms with Crippen LogP contribution in [0, 0.1) is 5.41 Å². The first-order valence-corrected chi connectivity index (χ1v) is 9.94. The van der Waals surface area contributed by atoms with Crippen LogP contribution in [0.2, 0.25) is 0 Å². The van der Waals surface area contributed by atoms with Crippen LogP contribution in [0.4, 0.5) is 0 Å². The van der Waals surface area contributed by atoms with Crippen LogP contribution in [0.1, 0.15) is 37.1 Å². The van der Waals surface area contributed by atoms with Gasteiger partial charge >= 0.3 is 10.3 Å². The number of benzene rings is 2. The van der Waals surface area contributed by atoms with Gasteiger partial charge in [0.25, 0.3) is 0 Å². The normalized spacial score (nSPS) is 21.0. The van der Waals surface area contributed by atoms with Gasteiger partial charge in [-0.15, -0.1) is 0 Å². The highest BCUT2D eigenvalue weighted by atomic mass is 32.2. The van der Waals surface area contributed by atoms with Crippen molar-refractivity contribution < 1.29 is 17.1 Å². The lowest BCUT2D eigenvalue weighted by atomic mass is 10.0. The summed E-state index contributed by atoms with van der Waals surface area (Å²) in [6.45, 7) is 4.28. The summed E-state index contributed by atoms with van der Waals surface area (Å²) >= 11 is 0. The highest BCUT2D eigenvalue weighted by molar-refractivity contribution is 7.84. The van der Waals surface area contributed by atoms with Crippen molar-refractivity contribution >= 4 is 10.3 Å². The molecule has 2 atom stereocenters. The van der Waals surface area contributed by atoms with E-state index >= 15 is 0 Å². The zero-order valence-corrected chi connectivity index (χ0v) is 15.7. The van der Waals surface area contributed by atoms with Gasteiger partial charge in [0.05, 0.1) is 5.92 Å². The van der Waals surface area contributed by atoms with Gasteiger partial charge in [-0.3, -0.25) is 0 Å². The maximum atomic E-state index is 11.0. The molecule has 1 aliphatic rings. The van der Waals surface area contributed by atoms with Crippen LogP contribution < -0.4 is 9.32 Å². The molecule has 1 heterocycles. The van der Waals surface area contributed by atoms with Gasteiger partial charge < -0.3 is 8.71 Å². The number of hydrogen-bond acceptors (Lipinski definition) is 6. The second-order valence-corrected chi connectivity index (χ2v) is 8.40. The van der Waals surface area contributed by atoms with Gasteiger partial charge in [-0.05, 0) is 23.1 Å². The van der Waals surface area contributed by atoms with Crippen LogP contribution in [0.3, 0.4) is 0 Å². The van der Waals surface area contributed by atoms with Crippen molar-refractivity contribution in [1.29, 1.82) is 0 Å². The predicted octanol–water partition coefficient (Wildman–Crippen LogP) is 3.23. The first kappa shape index (κ1) is 17.7. The lowest BCUT2D eigenvalue weighted by Crippen LogP contribution is -2.18. The highest BCUT2D eigenvalue weighted by Crippen LogP contribution is 2.69. The van der Waals surface area contributed by atoms with Crippen LogP contribution >= 0.6 is 0 Å².